The molecule has 3 rings (SSSR count). The normalized spacial score (nSPS) is 16.6. The molecule has 4 heteroatoms. The SMILES string of the molecule is NC(=S)c1cccc([C@@H]2Nc3ccccc3O2)c1. The molecular formula is C14H12N2OS. The van der Waals surface area contributed by atoms with Crippen molar-refractivity contribution in [2.45, 2.75) is 6.23 Å². The zero-order chi connectivity index (χ0) is 12.5. The number of anilines is 1. The fraction of sp³-hybridized carbons (Fsp3) is 0.0714. The van der Waals surface area contributed by atoms with Crippen LogP contribution in [0, 0.1) is 0 Å². The summed E-state index contributed by atoms with van der Waals surface area (Å²) in [5.41, 5.74) is 8.50. The van der Waals surface area contributed by atoms with Crippen LogP contribution in [0.1, 0.15) is 17.4 Å². The van der Waals surface area contributed by atoms with Crippen molar-refractivity contribution in [1.82, 2.24) is 0 Å². The topological polar surface area (TPSA) is 47.3 Å². The molecule has 90 valence electrons. The molecule has 1 atom stereocenters. The molecule has 1 aliphatic rings. The molecule has 0 radical (unpaired) electrons. The van der Waals surface area contributed by atoms with E-state index in [1.165, 1.54) is 0 Å². The van der Waals surface area contributed by atoms with Crippen LogP contribution in [0.15, 0.2) is 48.5 Å². The molecule has 3 nitrogen and oxygen atoms in total. The number of ether oxygens (including phenoxy) is 1. The van der Waals surface area contributed by atoms with Crippen LogP contribution in [0.2, 0.25) is 0 Å². The Bertz CT molecular complexity index is 587. The largest absolute Gasteiger partial charge is 0.464 e. The minimum Gasteiger partial charge on any atom is -0.464 e. The molecule has 3 N–H and O–H groups in total. The van der Waals surface area contributed by atoms with E-state index in [1.54, 1.807) is 0 Å². The third kappa shape index (κ3) is 1.91. The van der Waals surface area contributed by atoms with Gasteiger partial charge in [-0.05, 0) is 18.2 Å². The average Bonchev–Trinajstić information content (AvgIpc) is 2.82. The summed E-state index contributed by atoms with van der Waals surface area (Å²) in [4.78, 5) is 0.396. The molecule has 0 saturated heterocycles. The minimum absolute atomic E-state index is 0.184. The number of nitrogens with two attached hydrogens (primary N) is 1. The van der Waals surface area contributed by atoms with Crippen LogP contribution in [0.5, 0.6) is 5.75 Å². The first-order valence-corrected chi connectivity index (χ1v) is 6.07. The van der Waals surface area contributed by atoms with Gasteiger partial charge in [0.25, 0.3) is 0 Å². The summed E-state index contributed by atoms with van der Waals surface area (Å²) in [5, 5.41) is 3.31. The molecule has 2 aromatic carbocycles. The molecule has 0 aliphatic carbocycles. The summed E-state index contributed by atoms with van der Waals surface area (Å²) in [6.07, 6.45) is -0.184. The zero-order valence-corrected chi connectivity index (χ0v) is 10.4. The third-order valence-electron chi connectivity index (χ3n) is 2.89. The molecule has 1 aliphatic heterocycles. The Balaban J connectivity index is 1.90. The lowest BCUT2D eigenvalue weighted by Gasteiger charge is -2.12. The molecule has 0 spiro atoms. The van der Waals surface area contributed by atoms with Crippen LogP contribution in [-0.2, 0) is 0 Å². The van der Waals surface area contributed by atoms with Gasteiger partial charge in [-0.15, -0.1) is 0 Å². The van der Waals surface area contributed by atoms with Gasteiger partial charge in [0.1, 0.15) is 10.7 Å². The number of benzene rings is 2. The quantitative estimate of drug-likeness (QED) is 0.811. The van der Waals surface area contributed by atoms with Gasteiger partial charge in [-0.1, -0.05) is 42.5 Å². The van der Waals surface area contributed by atoms with E-state index < -0.39 is 0 Å². The maximum absolute atomic E-state index is 5.83. The Morgan fingerprint density at radius 1 is 1.17 bits per heavy atom. The molecule has 18 heavy (non-hydrogen) atoms. The zero-order valence-electron chi connectivity index (χ0n) is 9.59. The Morgan fingerprint density at radius 2 is 2.00 bits per heavy atom. The van der Waals surface area contributed by atoms with Gasteiger partial charge in [0.15, 0.2) is 6.23 Å². The Labute approximate surface area is 111 Å². The van der Waals surface area contributed by atoms with Crippen molar-refractivity contribution in [2.24, 2.45) is 5.73 Å². The van der Waals surface area contributed by atoms with Gasteiger partial charge in [0, 0.05) is 11.1 Å². The van der Waals surface area contributed by atoms with E-state index in [4.69, 9.17) is 22.7 Å². The van der Waals surface area contributed by atoms with Crippen LogP contribution >= 0.6 is 12.2 Å². The highest BCUT2D eigenvalue weighted by atomic mass is 32.1. The van der Waals surface area contributed by atoms with Gasteiger partial charge in [-0.2, -0.15) is 0 Å². The van der Waals surface area contributed by atoms with Crippen molar-refractivity contribution in [3.05, 3.63) is 59.7 Å². The number of rotatable bonds is 2. The molecule has 0 saturated carbocycles. The van der Waals surface area contributed by atoms with Crippen LogP contribution in [0.25, 0.3) is 0 Å². The summed E-state index contributed by atoms with van der Waals surface area (Å²) in [5.74, 6) is 0.864. The second-order valence-corrected chi connectivity index (χ2v) is 4.57. The van der Waals surface area contributed by atoms with Crippen molar-refractivity contribution in [3.63, 3.8) is 0 Å². The number of fused-ring (bicyclic) bond motifs is 1. The van der Waals surface area contributed by atoms with E-state index in [0.29, 0.717) is 4.99 Å². The molecule has 0 bridgehead atoms. The van der Waals surface area contributed by atoms with Gasteiger partial charge < -0.3 is 15.8 Å². The molecule has 2 aromatic rings. The fourth-order valence-electron chi connectivity index (χ4n) is 1.99. The smallest absolute Gasteiger partial charge is 0.196 e. The first-order chi connectivity index (χ1) is 8.74. The number of thiocarbonyl (C=S) groups is 1. The second-order valence-electron chi connectivity index (χ2n) is 4.13. The van der Waals surface area contributed by atoms with Gasteiger partial charge >= 0.3 is 0 Å². The lowest BCUT2D eigenvalue weighted by atomic mass is 10.1. The van der Waals surface area contributed by atoms with E-state index in [1.807, 2.05) is 48.5 Å². The molecular weight excluding hydrogens is 244 g/mol. The van der Waals surface area contributed by atoms with E-state index >= 15 is 0 Å². The highest BCUT2D eigenvalue weighted by molar-refractivity contribution is 7.80. The van der Waals surface area contributed by atoms with Crippen molar-refractivity contribution < 1.29 is 4.74 Å². The summed E-state index contributed by atoms with van der Waals surface area (Å²) in [7, 11) is 0. The first kappa shape index (κ1) is 11.0. The molecule has 1 heterocycles. The van der Waals surface area contributed by atoms with E-state index in [-0.39, 0.29) is 6.23 Å². The third-order valence-corrected chi connectivity index (χ3v) is 3.13. The first-order valence-electron chi connectivity index (χ1n) is 5.66. The number of hydrogen-bond donors (Lipinski definition) is 2. The van der Waals surface area contributed by atoms with Crippen LogP contribution in [0.4, 0.5) is 5.69 Å². The Hall–Kier alpha value is -2.07. The average molecular weight is 256 g/mol. The lowest BCUT2D eigenvalue weighted by Crippen LogP contribution is -2.13. The predicted octanol–water partition coefficient (Wildman–Crippen LogP) is 2.82. The summed E-state index contributed by atoms with van der Waals surface area (Å²) >= 11 is 4.98. The van der Waals surface area contributed by atoms with Gasteiger partial charge in [-0.25, -0.2) is 0 Å². The summed E-state index contributed by atoms with van der Waals surface area (Å²) in [6.45, 7) is 0. The highest BCUT2D eigenvalue weighted by Crippen LogP contribution is 2.37. The van der Waals surface area contributed by atoms with E-state index in [9.17, 15) is 0 Å². The number of hydrogen-bond acceptors (Lipinski definition) is 3. The maximum Gasteiger partial charge on any atom is 0.196 e. The number of nitrogens with one attached hydrogen (secondary N) is 1. The fourth-order valence-corrected chi connectivity index (χ4v) is 2.12. The lowest BCUT2D eigenvalue weighted by molar-refractivity contribution is 0.260. The van der Waals surface area contributed by atoms with Crippen LogP contribution < -0.4 is 15.8 Å². The Morgan fingerprint density at radius 3 is 2.78 bits per heavy atom. The monoisotopic (exact) mass is 256 g/mol. The van der Waals surface area contributed by atoms with Crippen molar-refractivity contribution >= 4 is 22.9 Å². The Kier molecular flexibility index (Phi) is 2.64. The van der Waals surface area contributed by atoms with E-state index in [2.05, 4.69) is 5.32 Å². The van der Waals surface area contributed by atoms with Crippen molar-refractivity contribution in [2.75, 3.05) is 5.32 Å². The number of para-hydroxylation sites is 2. The van der Waals surface area contributed by atoms with Crippen LogP contribution in [0.3, 0.4) is 0 Å². The summed E-state index contributed by atoms with van der Waals surface area (Å²) in [6, 6.07) is 15.6. The van der Waals surface area contributed by atoms with Gasteiger partial charge in [0.05, 0.1) is 5.69 Å². The van der Waals surface area contributed by atoms with Crippen molar-refractivity contribution in [3.8, 4) is 5.75 Å². The predicted molar refractivity (Wildman–Crippen MR) is 75.8 cm³/mol. The molecule has 0 aromatic heterocycles. The molecule has 0 fully saturated rings. The molecule has 0 amide bonds. The van der Waals surface area contributed by atoms with Gasteiger partial charge in [-0.3, -0.25) is 0 Å². The van der Waals surface area contributed by atoms with Gasteiger partial charge in [0.2, 0.25) is 0 Å². The minimum atomic E-state index is -0.184. The van der Waals surface area contributed by atoms with Crippen molar-refractivity contribution in [1.29, 1.82) is 0 Å². The highest BCUT2D eigenvalue weighted by Gasteiger charge is 2.22. The summed E-state index contributed by atoms with van der Waals surface area (Å²) < 4.78 is 5.83. The second kappa shape index (κ2) is 4.31. The maximum atomic E-state index is 5.83. The molecule has 0 unspecified atom stereocenters. The van der Waals surface area contributed by atoms with Crippen LogP contribution in [-0.4, -0.2) is 4.99 Å². The van der Waals surface area contributed by atoms with E-state index in [0.717, 1.165) is 22.6 Å². The standard InChI is InChI=1S/C14H12N2OS/c15-13(18)9-4-3-5-10(8-9)14-16-11-6-1-2-7-12(11)17-14/h1-8,14,16H,(H2,15,18)/t14-/m1/s1.